The minimum absolute atomic E-state index is 0.205. The van der Waals surface area contributed by atoms with Crippen molar-refractivity contribution in [2.75, 3.05) is 13.6 Å². The van der Waals surface area contributed by atoms with Crippen molar-refractivity contribution in [2.24, 2.45) is 0 Å². The molecule has 24 heavy (non-hydrogen) atoms. The number of amides is 1. The second-order valence-electron chi connectivity index (χ2n) is 6.32. The zero-order valence-electron chi connectivity index (χ0n) is 14.6. The third kappa shape index (κ3) is 4.80. The van der Waals surface area contributed by atoms with E-state index in [-0.39, 0.29) is 10.8 Å². The number of benzene rings is 1. The fourth-order valence-electron chi connectivity index (χ4n) is 3.38. The number of aryl methyl sites for hydroxylation is 1. The van der Waals surface area contributed by atoms with E-state index in [2.05, 4.69) is 4.72 Å². The lowest BCUT2D eigenvalue weighted by atomic mass is 9.94. The van der Waals surface area contributed by atoms with Crippen LogP contribution in [-0.2, 0) is 21.2 Å². The maximum Gasteiger partial charge on any atom is 0.240 e. The summed E-state index contributed by atoms with van der Waals surface area (Å²) in [5, 5.41) is 0. The monoisotopic (exact) mass is 352 g/mol. The highest BCUT2D eigenvalue weighted by atomic mass is 32.2. The van der Waals surface area contributed by atoms with Crippen molar-refractivity contribution in [3.05, 3.63) is 29.8 Å². The maximum atomic E-state index is 12.5. The normalized spacial score (nSPS) is 16.1. The summed E-state index contributed by atoms with van der Waals surface area (Å²) in [6, 6.07) is 7.15. The summed E-state index contributed by atoms with van der Waals surface area (Å²) >= 11 is 0. The van der Waals surface area contributed by atoms with Crippen LogP contribution < -0.4 is 4.72 Å². The van der Waals surface area contributed by atoms with Crippen molar-refractivity contribution in [1.82, 2.24) is 9.62 Å². The average Bonchev–Trinajstić information content (AvgIpc) is 2.62. The number of carbonyl (C=O) groups excluding carboxylic acids is 1. The van der Waals surface area contributed by atoms with Crippen LogP contribution in [0.5, 0.6) is 0 Å². The van der Waals surface area contributed by atoms with Gasteiger partial charge in [-0.1, -0.05) is 31.4 Å². The van der Waals surface area contributed by atoms with Crippen LogP contribution in [-0.4, -0.2) is 38.9 Å². The van der Waals surface area contributed by atoms with Crippen LogP contribution in [0.1, 0.15) is 51.0 Å². The molecule has 0 bridgehead atoms. The highest BCUT2D eigenvalue weighted by Gasteiger charge is 2.23. The largest absolute Gasteiger partial charge is 0.340 e. The first-order chi connectivity index (χ1) is 11.5. The Bertz CT molecular complexity index is 635. The van der Waals surface area contributed by atoms with E-state index >= 15 is 0 Å². The molecule has 2 rings (SSSR count). The molecule has 1 aliphatic carbocycles. The van der Waals surface area contributed by atoms with Gasteiger partial charge in [0.05, 0.1) is 4.90 Å². The maximum absolute atomic E-state index is 12.5. The smallest absolute Gasteiger partial charge is 0.240 e. The van der Waals surface area contributed by atoms with E-state index in [0.717, 1.165) is 24.9 Å². The van der Waals surface area contributed by atoms with Gasteiger partial charge in [-0.15, -0.1) is 0 Å². The molecule has 1 amide bonds. The lowest BCUT2D eigenvalue weighted by Crippen LogP contribution is -2.41. The van der Waals surface area contributed by atoms with Crippen LogP contribution in [0.3, 0.4) is 0 Å². The summed E-state index contributed by atoms with van der Waals surface area (Å²) in [4.78, 5) is 14.8. The summed E-state index contributed by atoms with van der Waals surface area (Å²) in [6.45, 7) is 2.81. The van der Waals surface area contributed by atoms with Gasteiger partial charge in [-0.25, -0.2) is 13.1 Å². The molecule has 0 aliphatic heterocycles. The van der Waals surface area contributed by atoms with Gasteiger partial charge < -0.3 is 4.90 Å². The van der Waals surface area contributed by atoms with E-state index in [9.17, 15) is 13.2 Å². The Hall–Kier alpha value is -1.40. The van der Waals surface area contributed by atoms with Gasteiger partial charge in [0.1, 0.15) is 0 Å². The van der Waals surface area contributed by atoms with Gasteiger partial charge in [0.25, 0.3) is 0 Å². The predicted octanol–water partition coefficient (Wildman–Crippen LogP) is 2.71. The molecule has 0 heterocycles. The Labute approximate surface area is 145 Å². The van der Waals surface area contributed by atoms with E-state index in [0.29, 0.717) is 18.9 Å². The fraction of sp³-hybridized carbons (Fsp3) is 0.611. The van der Waals surface area contributed by atoms with Crippen molar-refractivity contribution >= 4 is 15.9 Å². The summed E-state index contributed by atoms with van der Waals surface area (Å²) in [5.74, 6) is 0.205. The van der Waals surface area contributed by atoms with Gasteiger partial charge >= 0.3 is 0 Å². The molecule has 134 valence electrons. The van der Waals surface area contributed by atoms with E-state index in [4.69, 9.17) is 0 Å². The molecule has 0 radical (unpaired) electrons. The van der Waals surface area contributed by atoms with E-state index in [1.807, 2.05) is 11.8 Å². The van der Waals surface area contributed by atoms with Crippen molar-refractivity contribution in [3.63, 3.8) is 0 Å². The minimum atomic E-state index is -3.40. The average molecular weight is 353 g/mol. The molecule has 1 fully saturated rings. The molecule has 0 saturated heterocycles. The number of hydrogen-bond donors (Lipinski definition) is 1. The van der Waals surface area contributed by atoms with Crippen LogP contribution in [0.25, 0.3) is 0 Å². The predicted molar refractivity (Wildman–Crippen MR) is 95.3 cm³/mol. The molecule has 1 saturated carbocycles. The summed E-state index contributed by atoms with van der Waals surface area (Å²) in [6.07, 6.45) is 7.08. The van der Waals surface area contributed by atoms with Gasteiger partial charge in [0.2, 0.25) is 15.9 Å². The van der Waals surface area contributed by atoms with Gasteiger partial charge in [0, 0.05) is 19.0 Å². The number of nitrogens with one attached hydrogen (secondary N) is 1. The highest BCUT2D eigenvalue weighted by Crippen LogP contribution is 2.23. The summed E-state index contributed by atoms with van der Waals surface area (Å²) in [5.41, 5.74) is 0.984. The molecular weight excluding hydrogens is 324 g/mol. The molecule has 1 N–H and O–H groups in total. The highest BCUT2D eigenvalue weighted by molar-refractivity contribution is 7.89. The van der Waals surface area contributed by atoms with Gasteiger partial charge in [-0.3, -0.25) is 4.79 Å². The lowest BCUT2D eigenvalue weighted by Gasteiger charge is -2.33. The molecular formula is C18H28N2O3S. The second kappa shape index (κ2) is 8.62. The summed E-state index contributed by atoms with van der Waals surface area (Å²) in [7, 11) is -2.01. The summed E-state index contributed by atoms with van der Waals surface area (Å²) < 4.78 is 25.7. The third-order valence-electron chi connectivity index (χ3n) is 4.81. The van der Waals surface area contributed by atoms with Crippen molar-refractivity contribution in [3.8, 4) is 0 Å². The lowest BCUT2D eigenvalue weighted by molar-refractivity contribution is -0.133. The van der Waals surface area contributed by atoms with E-state index in [1.165, 1.54) is 26.3 Å². The molecule has 0 aromatic heterocycles. The first kappa shape index (κ1) is 18.9. The van der Waals surface area contributed by atoms with Crippen LogP contribution >= 0.6 is 0 Å². The van der Waals surface area contributed by atoms with Gasteiger partial charge in [0.15, 0.2) is 0 Å². The van der Waals surface area contributed by atoms with Crippen LogP contribution in [0.4, 0.5) is 0 Å². The Morgan fingerprint density at radius 1 is 1.17 bits per heavy atom. The van der Waals surface area contributed by atoms with E-state index in [1.54, 1.807) is 24.3 Å². The molecule has 5 nitrogen and oxygen atoms in total. The molecule has 1 aromatic rings. The minimum Gasteiger partial charge on any atom is -0.340 e. The molecule has 0 spiro atoms. The Morgan fingerprint density at radius 2 is 1.79 bits per heavy atom. The number of hydrogen-bond acceptors (Lipinski definition) is 3. The topological polar surface area (TPSA) is 66.5 Å². The standard InChI is InChI=1S/C18H28N2O3S/c1-3-20(16-7-5-4-6-8-16)18(21)14-11-15-9-12-17(13-10-15)24(22,23)19-2/h9-10,12-13,16,19H,3-8,11,14H2,1-2H3. The zero-order chi connectivity index (χ0) is 17.6. The van der Waals surface area contributed by atoms with Gasteiger partial charge in [-0.2, -0.15) is 0 Å². The quantitative estimate of drug-likeness (QED) is 0.820. The van der Waals surface area contributed by atoms with Gasteiger partial charge in [-0.05, 0) is 50.9 Å². The number of sulfonamides is 1. The second-order valence-corrected chi connectivity index (χ2v) is 8.21. The van der Waals surface area contributed by atoms with Crippen molar-refractivity contribution in [2.45, 2.75) is 62.8 Å². The molecule has 1 aromatic carbocycles. The zero-order valence-corrected chi connectivity index (χ0v) is 15.4. The Kier molecular flexibility index (Phi) is 6.80. The van der Waals surface area contributed by atoms with Crippen LogP contribution in [0.2, 0.25) is 0 Å². The molecule has 0 atom stereocenters. The van der Waals surface area contributed by atoms with Crippen LogP contribution in [0.15, 0.2) is 29.2 Å². The van der Waals surface area contributed by atoms with Crippen molar-refractivity contribution < 1.29 is 13.2 Å². The molecule has 6 heteroatoms. The Balaban J connectivity index is 1.93. The first-order valence-corrected chi connectivity index (χ1v) is 10.3. The molecule has 0 unspecified atom stereocenters. The third-order valence-corrected chi connectivity index (χ3v) is 6.24. The van der Waals surface area contributed by atoms with Crippen LogP contribution in [0, 0.1) is 0 Å². The SMILES string of the molecule is CCN(C(=O)CCc1ccc(S(=O)(=O)NC)cc1)C1CCCCC1. The van der Waals surface area contributed by atoms with Crippen molar-refractivity contribution in [1.29, 1.82) is 0 Å². The number of carbonyl (C=O) groups is 1. The van der Waals surface area contributed by atoms with E-state index < -0.39 is 10.0 Å². The Morgan fingerprint density at radius 3 is 2.33 bits per heavy atom. The fourth-order valence-corrected chi connectivity index (χ4v) is 4.11. The number of nitrogens with zero attached hydrogens (tertiary/aromatic N) is 1. The number of rotatable bonds is 7. The molecule has 1 aliphatic rings. The first-order valence-electron chi connectivity index (χ1n) is 8.80.